The van der Waals surface area contributed by atoms with Gasteiger partial charge in [0.05, 0.1) is 17.0 Å². The van der Waals surface area contributed by atoms with Gasteiger partial charge in [-0.3, -0.25) is 10.1 Å². The molecule has 28 heavy (non-hydrogen) atoms. The molecule has 144 valence electrons. The Morgan fingerprint density at radius 2 is 1.79 bits per heavy atom. The van der Waals surface area contributed by atoms with Crippen LogP contribution in [0.25, 0.3) is 0 Å². The van der Waals surface area contributed by atoms with Crippen LogP contribution < -0.4 is 20.7 Å². The normalized spacial score (nSPS) is 10.2. The quantitative estimate of drug-likeness (QED) is 0.556. The van der Waals surface area contributed by atoms with Gasteiger partial charge in [0.1, 0.15) is 5.75 Å². The number of carbonyl (C=O) groups excluding carboxylic acids is 2. The highest BCUT2D eigenvalue weighted by molar-refractivity contribution is 7.18. The molecule has 6 nitrogen and oxygen atoms in total. The zero-order chi connectivity index (χ0) is 19.8. The number of ether oxygens (including phenoxy) is 1. The molecule has 3 N–H and O–H groups in total. The van der Waals surface area contributed by atoms with E-state index in [4.69, 9.17) is 4.74 Å². The Morgan fingerprint density at radius 3 is 2.57 bits per heavy atom. The van der Waals surface area contributed by atoms with Crippen molar-refractivity contribution < 1.29 is 14.3 Å². The van der Waals surface area contributed by atoms with Gasteiger partial charge >= 0.3 is 6.03 Å². The monoisotopic (exact) mass is 395 g/mol. The predicted octanol–water partition coefficient (Wildman–Crippen LogP) is 4.37. The minimum Gasteiger partial charge on any atom is -0.497 e. The second-order valence-electron chi connectivity index (χ2n) is 5.97. The molecule has 1 heterocycles. The van der Waals surface area contributed by atoms with Gasteiger partial charge < -0.3 is 15.4 Å². The molecule has 0 saturated carbocycles. The summed E-state index contributed by atoms with van der Waals surface area (Å²) in [6, 6.07) is 20.0. The first-order valence-electron chi connectivity index (χ1n) is 8.78. The van der Waals surface area contributed by atoms with E-state index in [1.54, 1.807) is 31.4 Å². The minimum atomic E-state index is -0.349. The molecule has 7 heteroatoms. The minimum absolute atomic E-state index is 0.163. The van der Waals surface area contributed by atoms with Gasteiger partial charge in [-0.05, 0) is 48.4 Å². The first-order chi connectivity index (χ1) is 13.6. The number of carbonyl (C=O) groups is 2. The van der Waals surface area contributed by atoms with Crippen LogP contribution in [0.2, 0.25) is 0 Å². The number of hydrogen-bond acceptors (Lipinski definition) is 4. The van der Waals surface area contributed by atoms with Crippen molar-refractivity contribution in [2.75, 3.05) is 24.3 Å². The van der Waals surface area contributed by atoms with Crippen molar-refractivity contribution in [1.29, 1.82) is 0 Å². The maximum Gasteiger partial charge on any atom is 0.324 e. The molecule has 0 aliphatic heterocycles. The number of para-hydroxylation sites is 1. The molecule has 0 bridgehead atoms. The van der Waals surface area contributed by atoms with Crippen LogP contribution >= 0.6 is 11.3 Å². The van der Waals surface area contributed by atoms with Gasteiger partial charge in [-0.1, -0.05) is 30.3 Å². The van der Waals surface area contributed by atoms with E-state index in [1.807, 2.05) is 42.5 Å². The molecule has 0 unspecified atom stereocenters. The molecule has 3 aromatic rings. The summed E-state index contributed by atoms with van der Waals surface area (Å²) in [5.74, 6) is 0.635. The maximum atomic E-state index is 12.3. The Bertz CT molecular complexity index is 941. The molecule has 3 amide bonds. The lowest BCUT2D eigenvalue weighted by Crippen LogP contribution is -2.24. The van der Waals surface area contributed by atoms with Crippen LogP contribution in [-0.2, 0) is 6.42 Å². The van der Waals surface area contributed by atoms with E-state index >= 15 is 0 Å². The second-order valence-corrected chi connectivity index (χ2v) is 7.05. The van der Waals surface area contributed by atoms with E-state index in [9.17, 15) is 9.59 Å². The lowest BCUT2D eigenvalue weighted by molar-refractivity contribution is 0.0958. The molecule has 0 fully saturated rings. The van der Waals surface area contributed by atoms with Crippen molar-refractivity contribution >= 4 is 34.0 Å². The molecular formula is C21H21N3O3S. The highest BCUT2D eigenvalue weighted by Gasteiger charge is 2.11. The van der Waals surface area contributed by atoms with Gasteiger partial charge in [-0.25, -0.2) is 4.79 Å². The summed E-state index contributed by atoms with van der Waals surface area (Å²) in [7, 11) is 1.63. The number of thiophene rings is 1. The summed E-state index contributed by atoms with van der Waals surface area (Å²) in [4.78, 5) is 24.9. The Labute approximate surface area is 167 Å². The fraction of sp³-hybridized carbons (Fsp3) is 0.143. The van der Waals surface area contributed by atoms with Crippen LogP contribution in [0.15, 0.2) is 66.7 Å². The van der Waals surface area contributed by atoms with Crippen molar-refractivity contribution in [3.8, 4) is 5.75 Å². The third kappa shape index (κ3) is 5.59. The second kappa shape index (κ2) is 9.57. The largest absolute Gasteiger partial charge is 0.497 e. The number of nitrogens with one attached hydrogen (secondary N) is 3. The van der Waals surface area contributed by atoms with E-state index < -0.39 is 0 Å². The maximum absolute atomic E-state index is 12.3. The summed E-state index contributed by atoms with van der Waals surface area (Å²) < 4.78 is 5.20. The first kappa shape index (κ1) is 19.4. The number of benzene rings is 2. The Morgan fingerprint density at radius 1 is 0.964 bits per heavy atom. The lowest BCUT2D eigenvalue weighted by Gasteiger charge is -2.06. The zero-order valence-corrected chi connectivity index (χ0v) is 16.2. The van der Waals surface area contributed by atoms with Crippen molar-refractivity contribution in [2.24, 2.45) is 0 Å². The molecule has 0 atom stereocenters. The Hall–Kier alpha value is -3.32. The van der Waals surface area contributed by atoms with Crippen LogP contribution in [0, 0.1) is 0 Å². The first-order valence-corrected chi connectivity index (χ1v) is 9.60. The smallest absolute Gasteiger partial charge is 0.324 e. The number of anilines is 2. The molecule has 0 radical (unpaired) electrons. The van der Waals surface area contributed by atoms with E-state index in [0.29, 0.717) is 28.5 Å². The van der Waals surface area contributed by atoms with Gasteiger partial charge in [-0.2, -0.15) is 0 Å². The van der Waals surface area contributed by atoms with E-state index in [0.717, 1.165) is 11.3 Å². The van der Waals surface area contributed by atoms with Crippen molar-refractivity contribution in [3.63, 3.8) is 0 Å². The van der Waals surface area contributed by atoms with Gasteiger partial charge in [0.25, 0.3) is 5.91 Å². The summed E-state index contributed by atoms with van der Waals surface area (Å²) in [6.07, 6.45) is 0.707. The fourth-order valence-electron chi connectivity index (χ4n) is 2.56. The number of rotatable bonds is 7. The van der Waals surface area contributed by atoms with Crippen LogP contribution in [0.1, 0.15) is 15.2 Å². The average Bonchev–Trinajstić information content (AvgIpc) is 3.17. The highest BCUT2D eigenvalue weighted by Crippen LogP contribution is 2.22. The summed E-state index contributed by atoms with van der Waals surface area (Å²) >= 11 is 1.23. The van der Waals surface area contributed by atoms with Gasteiger partial charge in [0.15, 0.2) is 0 Å². The van der Waals surface area contributed by atoms with Gasteiger partial charge in [-0.15, -0.1) is 11.3 Å². The van der Waals surface area contributed by atoms with Crippen molar-refractivity contribution in [2.45, 2.75) is 6.42 Å². The highest BCUT2D eigenvalue weighted by atomic mass is 32.1. The number of urea groups is 1. The summed E-state index contributed by atoms with van der Waals surface area (Å²) in [6.45, 7) is 0.515. The molecule has 2 aromatic carbocycles. The van der Waals surface area contributed by atoms with E-state index in [-0.39, 0.29) is 11.9 Å². The number of amides is 3. The Balaban J connectivity index is 1.47. The van der Waals surface area contributed by atoms with E-state index in [1.165, 1.54) is 11.3 Å². The van der Waals surface area contributed by atoms with Crippen LogP contribution in [0.3, 0.4) is 0 Å². The molecule has 0 spiro atoms. The van der Waals surface area contributed by atoms with Crippen LogP contribution in [0.4, 0.5) is 15.5 Å². The third-order valence-corrected chi connectivity index (χ3v) is 4.93. The van der Waals surface area contributed by atoms with Crippen molar-refractivity contribution in [3.05, 3.63) is 77.2 Å². The average molecular weight is 395 g/mol. The molecular weight excluding hydrogens is 374 g/mol. The van der Waals surface area contributed by atoms with Crippen molar-refractivity contribution in [1.82, 2.24) is 5.32 Å². The number of methoxy groups -OCH3 is 1. The molecule has 1 aromatic heterocycles. The predicted molar refractivity (Wildman–Crippen MR) is 112 cm³/mol. The lowest BCUT2D eigenvalue weighted by atomic mass is 10.1. The Kier molecular flexibility index (Phi) is 6.64. The molecule has 0 aliphatic rings. The van der Waals surface area contributed by atoms with Crippen LogP contribution in [-0.4, -0.2) is 25.6 Å². The standard InChI is InChI=1S/C21H21N3O3S/c1-27-17-9-5-6-15(14-17)12-13-22-20(25)18-10-11-19(28-18)24-21(26)23-16-7-3-2-4-8-16/h2-11,14H,12-13H2,1H3,(H,22,25)(H2,23,24,26). The number of hydrogen-bond donors (Lipinski definition) is 3. The van der Waals surface area contributed by atoms with E-state index in [2.05, 4.69) is 16.0 Å². The van der Waals surface area contributed by atoms with Gasteiger partial charge in [0.2, 0.25) is 0 Å². The topological polar surface area (TPSA) is 79.5 Å². The zero-order valence-electron chi connectivity index (χ0n) is 15.4. The van der Waals surface area contributed by atoms with Crippen LogP contribution in [0.5, 0.6) is 5.75 Å². The molecule has 0 aliphatic carbocycles. The summed E-state index contributed by atoms with van der Waals surface area (Å²) in [5, 5.41) is 8.97. The molecule has 3 rings (SSSR count). The summed E-state index contributed by atoms with van der Waals surface area (Å²) in [5.41, 5.74) is 1.79. The molecule has 0 saturated heterocycles. The van der Waals surface area contributed by atoms with Gasteiger partial charge in [0, 0.05) is 12.2 Å². The fourth-order valence-corrected chi connectivity index (χ4v) is 3.38. The third-order valence-electron chi connectivity index (χ3n) is 3.93. The SMILES string of the molecule is COc1cccc(CCNC(=O)c2ccc(NC(=O)Nc3ccccc3)s2)c1.